The minimum Gasteiger partial charge on any atom is -0.481 e. The van der Waals surface area contributed by atoms with Crippen LogP contribution in [0.25, 0.3) is 0 Å². The van der Waals surface area contributed by atoms with Gasteiger partial charge in [-0.05, 0) is 12.1 Å². The molecule has 19 heavy (non-hydrogen) atoms. The molecular formula is C12H12ClN3O3. The van der Waals surface area contributed by atoms with Gasteiger partial charge in [0.2, 0.25) is 11.8 Å². The van der Waals surface area contributed by atoms with Gasteiger partial charge in [0.05, 0.1) is 25.3 Å². The summed E-state index contributed by atoms with van der Waals surface area (Å²) in [6, 6.07) is 6.47. The number of benzene rings is 1. The van der Waals surface area contributed by atoms with E-state index < -0.39 is 0 Å². The zero-order valence-electron chi connectivity index (χ0n) is 10.4. The molecule has 0 aliphatic rings. The Morgan fingerprint density at radius 3 is 2.26 bits per heavy atom. The Labute approximate surface area is 115 Å². The van der Waals surface area contributed by atoms with E-state index in [1.807, 2.05) is 0 Å². The van der Waals surface area contributed by atoms with Crippen molar-refractivity contribution in [2.75, 3.05) is 20.0 Å². The average molecular weight is 282 g/mol. The average Bonchev–Trinajstić information content (AvgIpc) is 2.42. The third-order valence-corrected chi connectivity index (χ3v) is 2.55. The first-order chi connectivity index (χ1) is 9.12. The maximum Gasteiger partial charge on any atom is 0.328 e. The van der Waals surface area contributed by atoms with Crippen LogP contribution in [0.4, 0.5) is 5.69 Å². The summed E-state index contributed by atoms with van der Waals surface area (Å²) in [5.41, 5.74) is 6.19. The summed E-state index contributed by atoms with van der Waals surface area (Å²) in [5.74, 6) is 1.00. The minimum absolute atomic E-state index is 0.0590. The number of methoxy groups -OCH3 is 2. The van der Waals surface area contributed by atoms with Crippen molar-refractivity contribution < 1.29 is 14.2 Å². The zero-order valence-corrected chi connectivity index (χ0v) is 11.1. The second-order valence-electron chi connectivity index (χ2n) is 3.53. The van der Waals surface area contributed by atoms with Gasteiger partial charge in [0, 0.05) is 11.8 Å². The Balaban J connectivity index is 2.34. The molecule has 0 aliphatic heterocycles. The number of hydrogen-bond donors (Lipinski definition) is 1. The van der Waals surface area contributed by atoms with E-state index in [2.05, 4.69) is 9.97 Å². The highest BCUT2D eigenvalue weighted by atomic mass is 35.5. The molecule has 1 heterocycles. The summed E-state index contributed by atoms with van der Waals surface area (Å²) in [5, 5.41) is 0.402. The normalized spacial score (nSPS) is 10.1. The fourth-order valence-electron chi connectivity index (χ4n) is 1.34. The summed E-state index contributed by atoms with van der Waals surface area (Å²) in [6.07, 6.45) is 0. The molecule has 1 aromatic heterocycles. The highest BCUT2D eigenvalue weighted by Crippen LogP contribution is 2.31. The molecule has 0 bridgehead atoms. The molecular weight excluding hydrogens is 270 g/mol. The molecule has 0 unspecified atom stereocenters. The second kappa shape index (κ2) is 5.62. The number of rotatable bonds is 4. The van der Waals surface area contributed by atoms with Gasteiger partial charge in [-0.25, -0.2) is 0 Å². The highest BCUT2D eigenvalue weighted by molar-refractivity contribution is 6.32. The van der Waals surface area contributed by atoms with Crippen molar-refractivity contribution in [3.8, 4) is 23.5 Å². The monoisotopic (exact) mass is 281 g/mol. The highest BCUT2D eigenvalue weighted by Gasteiger charge is 2.10. The molecule has 0 atom stereocenters. The van der Waals surface area contributed by atoms with E-state index in [0.717, 1.165) is 0 Å². The molecule has 0 amide bonds. The van der Waals surface area contributed by atoms with E-state index in [9.17, 15) is 0 Å². The Hall–Kier alpha value is -2.21. The van der Waals surface area contributed by atoms with Crippen LogP contribution in [-0.2, 0) is 0 Å². The summed E-state index contributed by atoms with van der Waals surface area (Å²) in [4.78, 5) is 8.06. The SMILES string of the molecule is COc1cc(OC)nc(Oc2cc(N)ccc2Cl)n1. The zero-order chi connectivity index (χ0) is 13.8. The lowest BCUT2D eigenvalue weighted by Gasteiger charge is -2.09. The van der Waals surface area contributed by atoms with E-state index in [4.69, 9.17) is 31.5 Å². The van der Waals surface area contributed by atoms with Crippen molar-refractivity contribution >= 4 is 17.3 Å². The van der Waals surface area contributed by atoms with Crippen LogP contribution >= 0.6 is 11.6 Å². The number of nitrogen functional groups attached to an aromatic ring is 1. The fraction of sp³-hybridized carbons (Fsp3) is 0.167. The summed E-state index contributed by atoms with van der Waals surface area (Å²) in [7, 11) is 2.97. The van der Waals surface area contributed by atoms with Gasteiger partial charge >= 0.3 is 6.01 Å². The number of aromatic nitrogens is 2. The fourth-order valence-corrected chi connectivity index (χ4v) is 1.49. The van der Waals surface area contributed by atoms with E-state index >= 15 is 0 Å². The van der Waals surface area contributed by atoms with Crippen LogP contribution in [-0.4, -0.2) is 24.2 Å². The van der Waals surface area contributed by atoms with Crippen LogP contribution in [0.1, 0.15) is 0 Å². The molecule has 2 rings (SSSR count). The van der Waals surface area contributed by atoms with Crippen molar-refractivity contribution in [2.24, 2.45) is 0 Å². The molecule has 1 aromatic carbocycles. The molecule has 7 heteroatoms. The topological polar surface area (TPSA) is 79.5 Å². The molecule has 0 radical (unpaired) electrons. The Bertz CT molecular complexity index is 570. The lowest BCUT2D eigenvalue weighted by molar-refractivity contribution is 0.348. The van der Waals surface area contributed by atoms with Gasteiger partial charge in [0.15, 0.2) is 5.75 Å². The third-order valence-electron chi connectivity index (χ3n) is 2.23. The smallest absolute Gasteiger partial charge is 0.328 e. The van der Waals surface area contributed by atoms with Crippen LogP contribution in [0, 0.1) is 0 Å². The number of hydrogen-bond acceptors (Lipinski definition) is 6. The molecule has 0 fully saturated rings. The van der Waals surface area contributed by atoms with Gasteiger partial charge in [-0.2, -0.15) is 9.97 Å². The molecule has 100 valence electrons. The van der Waals surface area contributed by atoms with Crippen LogP contribution in [0.5, 0.6) is 23.5 Å². The van der Waals surface area contributed by atoms with Crippen LogP contribution in [0.2, 0.25) is 5.02 Å². The number of halogens is 1. The summed E-state index contributed by atoms with van der Waals surface area (Å²) < 4.78 is 15.5. The molecule has 0 spiro atoms. The largest absolute Gasteiger partial charge is 0.481 e. The predicted octanol–water partition coefficient (Wildman–Crippen LogP) is 2.52. The van der Waals surface area contributed by atoms with Crippen molar-refractivity contribution in [2.45, 2.75) is 0 Å². The lowest BCUT2D eigenvalue weighted by Crippen LogP contribution is -1.98. The molecule has 0 saturated carbocycles. The molecule has 6 nitrogen and oxygen atoms in total. The van der Waals surface area contributed by atoms with Crippen LogP contribution in [0.3, 0.4) is 0 Å². The standard InChI is InChI=1S/C12H12ClN3O3/c1-17-10-6-11(18-2)16-12(15-10)19-9-5-7(14)3-4-8(9)13/h3-6H,14H2,1-2H3. The van der Waals surface area contributed by atoms with Crippen molar-refractivity contribution in [1.29, 1.82) is 0 Å². The molecule has 0 saturated heterocycles. The third kappa shape index (κ3) is 3.17. The summed E-state index contributed by atoms with van der Waals surface area (Å²) >= 11 is 5.99. The Morgan fingerprint density at radius 2 is 1.68 bits per heavy atom. The summed E-state index contributed by atoms with van der Waals surface area (Å²) in [6.45, 7) is 0. The van der Waals surface area contributed by atoms with Crippen molar-refractivity contribution in [3.63, 3.8) is 0 Å². The number of anilines is 1. The lowest BCUT2D eigenvalue weighted by atomic mass is 10.3. The van der Waals surface area contributed by atoms with Gasteiger partial charge in [-0.3, -0.25) is 0 Å². The maximum atomic E-state index is 5.99. The van der Waals surface area contributed by atoms with Crippen LogP contribution in [0.15, 0.2) is 24.3 Å². The second-order valence-corrected chi connectivity index (χ2v) is 3.93. The number of ether oxygens (including phenoxy) is 3. The molecule has 0 aliphatic carbocycles. The van der Waals surface area contributed by atoms with Gasteiger partial charge < -0.3 is 19.9 Å². The first-order valence-corrected chi connectivity index (χ1v) is 5.70. The maximum absolute atomic E-state index is 5.99. The Kier molecular flexibility index (Phi) is 3.91. The molecule has 2 N–H and O–H groups in total. The van der Waals surface area contributed by atoms with E-state index in [-0.39, 0.29) is 6.01 Å². The first-order valence-electron chi connectivity index (χ1n) is 5.32. The molecule has 2 aromatic rings. The predicted molar refractivity (Wildman–Crippen MR) is 71.1 cm³/mol. The quantitative estimate of drug-likeness (QED) is 0.868. The number of nitrogens with zero attached hydrogens (tertiary/aromatic N) is 2. The van der Waals surface area contributed by atoms with E-state index in [1.54, 1.807) is 18.2 Å². The van der Waals surface area contributed by atoms with Crippen molar-refractivity contribution in [3.05, 3.63) is 29.3 Å². The van der Waals surface area contributed by atoms with E-state index in [0.29, 0.717) is 28.2 Å². The first kappa shape index (κ1) is 13.2. The van der Waals surface area contributed by atoms with Crippen LogP contribution < -0.4 is 19.9 Å². The minimum atomic E-state index is 0.0590. The van der Waals surface area contributed by atoms with Gasteiger partial charge in [-0.15, -0.1) is 0 Å². The van der Waals surface area contributed by atoms with Gasteiger partial charge in [0.1, 0.15) is 0 Å². The Morgan fingerprint density at radius 1 is 1.05 bits per heavy atom. The van der Waals surface area contributed by atoms with Crippen molar-refractivity contribution in [1.82, 2.24) is 9.97 Å². The van der Waals surface area contributed by atoms with Gasteiger partial charge in [-0.1, -0.05) is 11.6 Å². The number of nitrogens with two attached hydrogens (primary N) is 1. The van der Waals surface area contributed by atoms with Gasteiger partial charge in [0.25, 0.3) is 0 Å². The van der Waals surface area contributed by atoms with E-state index in [1.165, 1.54) is 20.3 Å².